The maximum Gasteiger partial charge on any atom is 0.279 e. The number of rotatable bonds is 5. The highest BCUT2D eigenvalue weighted by Gasteiger charge is 2.13. The van der Waals surface area contributed by atoms with Gasteiger partial charge in [-0.3, -0.25) is 20.4 Å². The molecule has 0 atom stereocenters. The molecular weight excluding hydrogens is 324 g/mol. The molecule has 2 aromatic rings. The SMILES string of the molecule is CCc1sc(C(=O)NNC(=O)CSc2nnnn2C)cc1C. The third-order valence-corrected chi connectivity index (χ3v) is 5.19. The zero-order valence-electron chi connectivity index (χ0n) is 12.4. The van der Waals surface area contributed by atoms with Gasteiger partial charge in [0.2, 0.25) is 11.1 Å². The molecule has 10 heteroatoms. The molecule has 0 aliphatic heterocycles. The molecule has 2 aromatic heterocycles. The van der Waals surface area contributed by atoms with Crippen LogP contribution in [0.15, 0.2) is 11.2 Å². The topological polar surface area (TPSA) is 102 Å². The maximum absolute atomic E-state index is 12.0. The first-order chi connectivity index (χ1) is 10.5. The Bertz CT molecular complexity index is 681. The summed E-state index contributed by atoms with van der Waals surface area (Å²) in [6, 6.07) is 1.82. The standard InChI is InChI=1S/C12H16N6O2S2/c1-4-8-7(2)5-9(22-8)11(20)14-13-10(19)6-21-12-15-16-17-18(12)3/h5H,4,6H2,1-3H3,(H,13,19)(H,14,20). The Kier molecular flexibility index (Phi) is 5.50. The largest absolute Gasteiger partial charge is 0.279 e. The van der Waals surface area contributed by atoms with Crippen molar-refractivity contribution in [3.05, 3.63) is 21.4 Å². The van der Waals surface area contributed by atoms with Crippen LogP contribution in [0.25, 0.3) is 0 Å². The molecule has 0 aromatic carbocycles. The minimum absolute atomic E-state index is 0.109. The van der Waals surface area contributed by atoms with Crippen molar-refractivity contribution in [1.82, 2.24) is 31.1 Å². The molecule has 0 aliphatic carbocycles. The fourth-order valence-corrected chi connectivity index (χ4v) is 3.34. The summed E-state index contributed by atoms with van der Waals surface area (Å²) in [6.45, 7) is 4.01. The van der Waals surface area contributed by atoms with Gasteiger partial charge in [0.15, 0.2) is 0 Å². The summed E-state index contributed by atoms with van der Waals surface area (Å²) in [5, 5.41) is 11.4. The van der Waals surface area contributed by atoms with Gasteiger partial charge in [0, 0.05) is 11.9 Å². The first-order valence-corrected chi connectivity index (χ1v) is 8.35. The number of hydrazine groups is 1. The number of tetrazole rings is 1. The Hall–Kier alpha value is -1.94. The smallest absolute Gasteiger partial charge is 0.272 e. The van der Waals surface area contributed by atoms with E-state index in [2.05, 4.69) is 26.4 Å². The summed E-state index contributed by atoms with van der Waals surface area (Å²) in [5.74, 6) is -0.533. The highest BCUT2D eigenvalue weighted by atomic mass is 32.2. The van der Waals surface area contributed by atoms with E-state index in [4.69, 9.17) is 0 Å². The van der Waals surface area contributed by atoms with Crippen LogP contribution in [0.4, 0.5) is 0 Å². The first kappa shape index (κ1) is 16.4. The number of aryl methyl sites for hydroxylation is 3. The van der Waals surface area contributed by atoms with Crippen molar-refractivity contribution in [3.8, 4) is 0 Å². The van der Waals surface area contributed by atoms with Gasteiger partial charge in [-0.25, -0.2) is 4.68 Å². The Morgan fingerprint density at radius 2 is 2.18 bits per heavy atom. The minimum Gasteiger partial charge on any atom is -0.272 e. The lowest BCUT2D eigenvalue weighted by atomic mass is 10.2. The lowest BCUT2D eigenvalue weighted by Crippen LogP contribution is -2.42. The molecule has 0 spiro atoms. The quantitative estimate of drug-likeness (QED) is 0.613. The van der Waals surface area contributed by atoms with E-state index >= 15 is 0 Å². The van der Waals surface area contributed by atoms with Gasteiger partial charge in [0.05, 0.1) is 10.6 Å². The molecule has 2 rings (SSSR count). The number of carbonyl (C=O) groups is 2. The van der Waals surface area contributed by atoms with E-state index in [0.29, 0.717) is 10.0 Å². The normalized spacial score (nSPS) is 10.5. The lowest BCUT2D eigenvalue weighted by Gasteiger charge is -2.05. The fourth-order valence-electron chi connectivity index (χ4n) is 1.68. The Balaban J connectivity index is 1.80. The van der Waals surface area contributed by atoms with Crippen LogP contribution in [0.5, 0.6) is 0 Å². The zero-order valence-corrected chi connectivity index (χ0v) is 14.0. The Labute approximate surface area is 135 Å². The summed E-state index contributed by atoms with van der Waals surface area (Å²) in [7, 11) is 1.69. The van der Waals surface area contributed by atoms with E-state index in [-0.39, 0.29) is 17.6 Å². The van der Waals surface area contributed by atoms with Crippen molar-refractivity contribution in [2.24, 2.45) is 7.05 Å². The summed E-state index contributed by atoms with van der Waals surface area (Å²) in [6.07, 6.45) is 0.887. The van der Waals surface area contributed by atoms with Crippen molar-refractivity contribution in [2.75, 3.05) is 5.75 Å². The van der Waals surface area contributed by atoms with Crippen LogP contribution in [0.2, 0.25) is 0 Å². The second kappa shape index (κ2) is 7.36. The molecule has 0 saturated heterocycles. The second-order valence-corrected chi connectivity index (χ2v) is 6.53. The van der Waals surface area contributed by atoms with Gasteiger partial charge in [0.1, 0.15) is 0 Å². The molecule has 0 aliphatic rings. The van der Waals surface area contributed by atoms with E-state index < -0.39 is 0 Å². The van der Waals surface area contributed by atoms with Crippen molar-refractivity contribution in [3.63, 3.8) is 0 Å². The summed E-state index contributed by atoms with van der Waals surface area (Å²) >= 11 is 2.62. The molecular formula is C12H16N6O2S2. The summed E-state index contributed by atoms with van der Waals surface area (Å²) in [5.41, 5.74) is 5.88. The van der Waals surface area contributed by atoms with Crippen molar-refractivity contribution < 1.29 is 9.59 Å². The monoisotopic (exact) mass is 340 g/mol. The maximum atomic E-state index is 12.0. The highest BCUT2D eigenvalue weighted by Crippen LogP contribution is 2.22. The van der Waals surface area contributed by atoms with Crippen LogP contribution in [-0.2, 0) is 18.3 Å². The molecule has 2 N–H and O–H groups in total. The third-order valence-electron chi connectivity index (χ3n) is 2.79. The van der Waals surface area contributed by atoms with Gasteiger partial charge >= 0.3 is 0 Å². The van der Waals surface area contributed by atoms with Crippen molar-refractivity contribution >= 4 is 34.9 Å². The molecule has 2 amide bonds. The van der Waals surface area contributed by atoms with E-state index in [1.807, 2.05) is 19.9 Å². The molecule has 0 fully saturated rings. The van der Waals surface area contributed by atoms with E-state index in [9.17, 15) is 9.59 Å². The van der Waals surface area contributed by atoms with Crippen LogP contribution in [0.1, 0.15) is 27.0 Å². The number of thioether (sulfide) groups is 1. The molecule has 8 nitrogen and oxygen atoms in total. The van der Waals surface area contributed by atoms with Gasteiger partial charge in [-0.15, -0.1) is 16.4 Å². The number of aromatic nitrogens is 4. The number of amides is 2. The van der Waals surface area contributed by atoms with Crippen LogP contribution in [-0.4, -0.2) is 37.8 Å². The van der Waals surface area contributed by atoms with Gasteiger partial charge in [-0.1, -0.05) is 18.7 Å². The number of hydrogen-bond acceptors (Lipinski definition) is 7. The Morgan fingerprint density at radius 1 is 1.41 bits per heavy atom. The second-order valence-electron chi connectivity index (χ2n) is 4.45. The highest BCUT2D eigenvalue weighted by molar-refractivity contribution is 7.99. The van der Waals surface area contributed by atoms with Crippen LogP contribution >= 0.6 is 23.1 Å². The molecule has 118 valence electrons. The molecule has 0 saturated carbocycles. The zero-order chi connectivity index (χ0) is 16.1. The van der Waals surface area contributed by atoms with Gasteiger partial charge in [-0.05, 0) is 35.4 Å². The Morgan fingerprint density at radius 3 is 2.77 bits per heavy atom. The predicted octanol–water partition coefficient (Wildman–Crippen LogP) is 0.696. The molecule has 0 radical (unpaired) electrons. The molecule has 0 unspecified atom stereocenters. The van der Waals surface area contributed by atoms with E-state index in [1.165, 1.54) is 32.7 Å². The molecule has 22 heavy (non-hydrogen) atoms. The number of carbonyl (C=O) groups excluding carboxylic acids is 2. The number of nitrogens with one attached hydrogen (secondary N) is 2. The van der Waals surface area contributed by atoms with E-state index in [1.54, 1.807) is 7.05 Å². The molecule has 2 heterocycles. The van der Waals surface area contributed by atoms with Gasteiger partial charge in [0.25, 0.3) is 5.91 Å². The lowest BCUT2D eigenvalue weighted by molar-refractivity contribution is -0.119. The van der Waals surface area contributed by atoms with Crippen LogP contribution < -0.4 is 10.9 Å². The third kappa shape index (κ3) is 4.04. The van der Waals surface area contributed by atoms with Gasteiger partial charge in [-0.2, -0.15) is 0 Å². The first-order valence-electron chi connectivity index (χ1n) is 6.55. The van der Waals surface area contributed by atoms with Crippen molar-refractivity contribution in [1.29, 1.82) is 0 Å². The summed E-state index contributed by atoms with van der Waals surface area (Å²) < 4.78 is 1.47. The van der Waals surface area contributed by atoms with Crippen molar-refractivity contribution in [2.45, 2.75) is 25.4 Å². The van der Waals surface area contributed by atoms with Crippen LogP contribution in [0.3, 0.4) is 0 Å². The van der Waals surface area contributed by atoms with Gasteiger partial charge < -0.3 is 0 Å². The number of nitrogens with zero attached hydrogens (tertiary/aromatic N) is 4. The fraction of sp³-hybridized carbons (Fsp3) is 0.417. The number of thiophene rings is 1. The summed E-state index contributed by atoms with van der Waals surface area (Å²) in [4.78, 5) is 25.4. The average molecular weight is 340 g/mol. The van der Waals surface area contributed by atoms with Crippen LogP contribution in [0, 0.1) is 6.92 Å². The average Bonchev–Trinajstić information content (AvgIpc) is 3.08. The molecule has 0 bridgehead atoms. The minimum atomic E-state index is -0.328. The number of hydrogen-bond donors (Lipinski definition) is 2. The van der Waals surface area contributed by atoms with E-state index in [0.717, 1.165) is 12.0 Å². The predicted molar refractivity (Wildman–Crippen MR) is 83.6 cm³/mol.